The van der Waals surface area contributed by atoms with E-state index in [1.165, 1.54) is 31.3 Å². The first-order valence-electron chi connectivity index (χ1n) is 8.56. The van der Waals surface area contributed by atoms with Gasteiger partial charge in [-0.3, -0.25) is 9.59 Å². The predicted molar refractivity (Wildman–Crippen MR) is 98.9 cm³/mol. The number of hydrogen-bond acceptors (Lipinski definition) is 3. The minimum Gasteiger partial charge on any atom is -0.364 e. The molecule has 11 heteroatoms. The lowest BCUT2D eigenvalue weighted by atomic mass is 9.95. The average molecular weight is 441 g/mol. The molecule has 0 saturated carbocycles. The molecular formula is C20H13F6N3O2. The summed E-state index contributed by atoms with van der Waals surface area (Å²) < 4.78 is 80.3. The summed E-state index contributed by atoms with van der Waals surface area (Å²) in [5, 5.41) is 0. The number of hydrogen-bond donors (Lipinski definition) is 1. The first-order chi connectivity index (χ1) is 14.3. The van der Waals surface area contributed by atoms with Crippen LogP contribution in [0.2, 0.25) is 0 Å². The van der Waals surface area contributed by atoms with Gasteiger partial charge in [-0.15, -0.1) is 0 Å². The Kier molecular flexibility index (Phi) is 5.38. The maximum absolute atomic E-state index is 13.5. The Morgan fingerprint density at radius 3 is 2.19 bits per heavy atom. The summed E-state index contributed by atoms with van der Waals surface area (Å²) >= 11 is 0. The summed E-state index contributed by atoms with van der Waals surface area (Å²) in [6.07, 6.45) is -8.91. The first kappa shape index (κ1) is 22.1. The highest BCUT2D eigenvalue weighted by atomic mass is 19.4. The van der Waals surface area contributed by atoms with Gasteiger partial charge in [-0.25, -0.2) is 4.98 Å². The maximum atomic E-state index is 13.5. The molecule has 0 aliphatic heterocycles. The second-order valence-corrected chi connectivity index (χ2v) is 6.59. The topological polar surface area (TPSA) is 78.0 Å². The quantitative estimate of drug-likeness (QED) is 0.618. The third-order valence-corrected chi connectivity index (χ3v) is 4.42. The molecule has 1 aromatic heterocycles. The molecule has 0 aliphatic carbocycles. The van der Waals surface area contributed by atoms with E-state index in [0.717, 1.165) is 16.8 Å². The van der Waals surface area contributed by atoms with Crippen LogP contribution < -0.4 is 11.3 Å². The van der Waals surface area contributed by atoms with Crippen molar-refractivity contribution in [1.82, 2.24) is 9.55 Å². The van der Waals surface area contributed by atoms with Crippen LogP contribution in [-0.2, 0) is 19.4 Å². The fraction of sp³-hybridized carbons (Fsp3) is 0.150. The molecule has 2 aromatic carbocycles. The van der Waals surface area contributed by atoms with Crippen molar-refractivity contribution in [2.75, 3.05) is 0 Å². The van der Waals surface area contributed by atoms with Crippen LogP contribution in [0.3, 0.4) is 0 Å². The number of nitrogens with two attached hydrogens (primary N) is 1. The molecular weight excluding hydrogens is 428 g/mol. The molecule has 2 N–H and O–H groups in total. The van der Waals surface area contributed by atoms with Crippen LogP contribution in [0, 0.1) is 0 Å². The SMILES string of the molecule is Cn1cc(C(N)=O)nc(-c2cccc(-c3ccc(C(F)(F)F)cc3C(F)(F)F)c2)c1=O. The van der Waals surface area contributed by atoms with Crippen LogP contribution in [-0.4, -0.2) is 15.5 Å². The lowest BCUT2D eigenvalue weighted by Crippen LogP contribution is -2.25. The van der Waals surface area contributed by atoms with Crippen LogP contribution in [0.5, 0.6) is 0 Å². The van der Waals surface area contributed by atoms with Gasteiger partial charge in [-0.05, 0) is 29.3 Å². The molecule has 1 amide bonds. The van der Waals surface area contributed by atoms with E-state index in [4.69, 9.17) is 5.73 Å². The molecule has 0 saturated heterocycles. The number of rotatable bonds is 3. The summed E-state index contributed by atoms with van der Waals surface area (Å²) in [5.41, 5.74) is 0.588. The van der Waals surface area contributed by atoms with E-state index in [2.05, 4.69) is 4.98 Å². The number of aryl methyl sites for hydroxylation is 1. The van der Waals surface area contributed by atoms with Crippen LogP contribution in [0.1, 0.15) is 21.6 Å². The smallest absolute Gasteiger partial charge is 0.364 e. The molecule has 0 spiro atoms. The minimum atomic E-state index is -5.06. The summed E-state index contributed by atoms with van der Waals surface area (Å²) in [5.74, 6) is -0.921. The number of halogens is 6. The Morgan fingerprint density at radius 1 is 0.968 bits per heavy atom. The van der Waals surface area contributed by atoms with Crippen LogP contribution in [0.25, 0.3) is 22.4 Å². The summed E-state index contributed by atoms with van der Waals surface area (Å²) in [6, 6.07) is 6.41. The molecule has 5 nitrogen and oxygen atoms in total. The van der Waals surface area contributed by atoms with Crippen molar-refractivity contribution >= 4 is 5.91 Å². The molecule has 0 aliphatic rings. The zero-order chi connectivity index (χ0) is 23.1. The molecule has 162 valence electrons. The van der Waals surface area contributed by atoms with Crippen molar-refractivity contribution in [2.24, 2.45) is 12.8 Å². The minimum absolute atomic E-state index is 0.0347. The number of benzene rings is 2. The molecule has 1 heterocycles. The van der Waals surface area contributed by atoms with E-state index in [-0.39, 0.29) is 28.6 Å². The van der Waals surface area contributed by atoms with Gasteiger partial charge in [0, 0.05) is 18.8 Å². The van der Waals surface area contributed by atoms with Crippen LogP contribution in [0.15, 0.2) is 53.5 Å². The summed E-state index contributed by atoms with van der Waals surface area (Å²) in [6.45, 7) is 0. The third kappa shape index (κ3) is 4.44. The molecule has 3 rings (SSSR count). The highest BCUT2D eigenvalue weighted by Crippen LogP contribution is 2.41. The lowest BCUT2D eigenvalue weighted by Gasteiger charge is -2.16. The molecule has 0 bridgehead atoms. The second-order valence-electron chi connectivity index (χ2n) is 6.59. The van der Waals surface area contributed by atoms with E-state index < -0.39 is 40.5 Å². The Balaban J connectivity index is 2.22. The molecule has 0 fully saturated rings. The van der Waals surface area contributed by atoms with Gasteiger partial charge in [0.05, 0.1) is 11.1 Å². The van der Waals surface area contributed by atoms with Gasteiger partial charge in [-0.1, -0.05) is 24.3 Å². The largest absolute Gasteiger partial charge is 0.417 e. The van der Waals surface area contributed by atoms with Gasteiger partial charge < -0.3 is 10.3 Å². The van der Waals surface area contributed by atoms with Crippen molar-refractivity contribution in [2.45, 2.75) is 12.4 Å². The van der Waals surface area contributed by atoms with Crippen molar-refractivity contribution in [3.63, 3.8) is 0 Å². The van der Waals surface area contributed by atoms with Gasteiger partial charge in [0.1, 0.15) is 11.4 Å². The first-order valence-corrected chi connectivity index (χ1v) is 8.56. The molecule has 31 heavy (non-hydrogen) atoms. The Hall–Kier alpha value is -3.63. The van der Waals surface area contributed by atoms with E-state index in [0.29, 0.717) is 6.07 Å². The molecule has 0 radical (unpaired) electrons. The zero-order valence-electron chi connectivity index (χ0n) is 15.7. The number of amides is 1. The van der Waals surface area contributed by atoms with E-state index >= 15 is 0 Å². The second kappa shape index (κ2) is 7.56. The van der Waals surface area contributed by atoms with Crippen molar-refractivity contribution in [1.29, 1.82) is 0 Å². The Labute approximate surface area is 170 Å². The lowest BCUT2D eigenvalue weighted by molar-refractivity contribution is -0.142. The third-order valence-electron chi connectivity index (χ3n) is 4.42. The zero-order valence-corrected chi connectivity index (χ0v) is 15.7. The summed E-state index contributed by atoms with van der Waals surface area (Å²) in [7, 11) is 1.33. The monoisotopic (exact) mass is 441 g/mol. The Morgan fingerprint density at radius 2 is 1.61 bits per heavy atom. The number of nitrogens with zero attached hydrogens (tertiary/aromatic N) is 2. The normalized spacial score (nSPS) is 12.1. The van der Waals surface area contributed by atoms with Gasteiger partial charge >= 0.3 is 12.4 Å². The van der Waals surface area contributed by atoms with E-state index in [1.807, 2.05) is 0 Å². The predicted octanol–water partition coefficient (Wildman–Crippen LogP) is 4.25. The number of alkyl halides is 6. The number of carbonyl (C=O) groups is 1. The number of aromatic nitrogens is 2. The number of carbonyl (C=O) groups excluding carboxylic acids is 1. The molecule has 0 atom stereocenters. The molecule has 3 aromatic rings. The maximum Gasteiger partial charge on any atom is 0.417 e. The van der Waals surface area contributed by atoms with Crippen LogP contribution >= 0.6 is 0 Å². The average Bonchev–Trinajstić information content (AvgIpc) is 2.68. The van der Waals surface area contributed by atoms with Crippen molar-refractivity contribution in [3.8, 4) is 22.4 Å². The standard InChI is InChI=1S/C20H13F6N3O2/c1-29-9-15(17(27)30)28-16(18(29)31)11-4-2-3-10(7-11)13-6-5-12(19(21,22)23)8-14(13)20(24,25)26/h2-9H,1H3,(H2,27,30). The van der Waals surface area contributed by atoms with Crippen molar-refractivity contribution in [3.05, 3.63) is 75.8 Å². The van der Waals surface area contributed by atoms with Gasteiger partial charge in [-0.2, -0.15) is 26.3 Å². The van der Waals surface area contributed by atoms with E-state index in [9.17, 15) is 35.9 Å². The highest BCUT2D eigenvalue weighted by Gasteiger charge is 2.38. The Bertz CT molecular complexity index is 1230. The van der Waals surface area contributed by atoms with Gasteiger partial charge in [0.2, 0.25) is 0 Å². The molecule has 0 unspecified atom stereocenters. The summed E-state index contributed by atoms with van der Waals surface area (Å²) in [4.78, 5) is 27.7. The van der Waals surface area contributed by atoms with Gasteiger partial charge in [0.25, 0.3) is 11.5 Å². The number of primary amides is 1. The highest BCUT2D eigenvalue weighted by molar-refractivity contribution is 5.91. The fourth-order valence-corrected chi connectivity index (χ4v) is 2.95. The fourth-order valence-electron chi connectivity index (χ4n) is 2.95. The van der Waals surface area contributed by atoms with Gasteiger partial charge in [0.15, 0.2) is 0 Å². The van der Waals surface area contributed by atoms with Crippen LogP contribution in [0.4, 0.5) is 26.3 Å². The van der Waals surface area contributed by atoms with E-state index in [1.54, 1.807) is 0 Å². The van der Waals surface area contributed by atoms with Crippen molar-refractivity contribution < 1.29 is 31.1 Å².